The van der Waals surface area contributed by atoms with Crippen molar-refractivity contribution >= 4 is 33.8 Å². The van der Waals surface area contributed by atoms with Gasteiger partial charge >= 0.3 is 0 Å². The number of rotatable bonds is 0. The molecule has 0 aliphatic carbocycles. The van der Waals surface area contributed by atoms with Gasteiger partial charge in [-0.05, 0) is 23.7 Å². The van der Waals surface area contributed by atoms with E-state index < -0.39 is 0 Å². The van der Waals surface area contributed by atoms with E-state index in [2.05, 4.69) is 4.98 Å². The number of fused-ring (bicyclic) bond motifs is 1. The van der Waals surface area contributed by atoms with Gasteiger partial charge in [-0.1, -0.05) is 0 Å². The molecule has 0 amide bonds. The Hall–Kier alpha value is -0.940. The summed E-state index contributed by atoms with van der Waals surface area (Å²) in [6.45, 7) is 0. The molecule has 1 N–H and O–H groups in total. The number of nitrogens with one attached hydrogen (secondary N) is 1. The van der Waals surface area contributed by atoms with Gasteiger partial charge in [-0.2, -0.15) is 0 Å². The maximum absolute atomic E-state index is 11.3. The van der Waals surface area contributed by atoms with E-state index in [4.69, 9.17) is 12.2 Å². The molecule has 0 aromatic carbocycles. The summed E-state index contributed by atoms with van der Waals surface area (Å²) in [6, 6.07) is 1.89. The summed E-state index contributed by atoms with van der Waals surface area (Å²) in [5.74, 6) is 0. The third-order valence-corrected chi connectivity index (χ3v) is 3.02. The summed E-state index contributed by atoms with van der Waals surface area (Å²) >= 11 is 6.37. The van der Waals surface area contributed by atoms with Crippen LogP contribution < -0.4 is 5.56 Å². The van der Waals surface area contributed by atoms with Crippen molar-refractivity contribution in [3.8, 4) is 0 Å². The lowest BCUT2D eigenvalue weighted by Gasteiger charge is -1.98. The summed E-state index contributed by atoms with van der Waals surface area (Å²) < 4.78 is 2.99. The fraction of sp³-hybridized carbons (Fsp3) is 0.143. The highest BCUT2D eigenvalue weighted by Gasteiger charge is 2.02. The Morgan fingerprint density at radius 3 is 3.17 bits per heavy atom. The molecule has 0 aliphatic heterocycles. The number of aromatic amines is 1. The topological polar surface area (TPSA) is 37.8 Å². The van der Waals surface area contributed by atoms with E-state index in [1.807, 2.05) is 18.5 Å². The molecule has 0 spiro atoms. The molecule has 0 saturated heterocycles. The van der Waals surface area contributed by atoms with Crippen molar-refractivity contribution in [3.05, 3.63) is 26.6 Å². The van der Waals surface area contributed by atoms with Crippen molar-refractivity contribution in [3.63, 3.8) is 0 Å². The third-order valence-electron chi connectivity index (χ3n) is 1.74. The van der Waals surface area contributed by atoms with Crippen molar-refractivity contribution in [1.82, 2.24) is 9.55 Å². The highest BCUT2D eigenvalue weighted by molar-refractivity contribution is 7.71. The lowest BCUT2D eigenvalue weighted by molar-refractivity contribution is 0.882. The Bertz CT molecular complexity index is 534. The van der Waals surface area contributed by atoms with Crippen LogP contribution in [0, 0.1) is 4.77 Å². The molecule has 2 aromatic heterocycles. The smallest absolute Gasteiger partial charge is 0.269 e. The van der Waals surface area contributed by atoms with E-state index in [1.165, 1.54) is 11.3 Å². The molecule has 0 atom stereocenters. The van der Waals surface area contributed by atoms with E-state index in [0.717, 1.165) is 10.2 Å². The lowest BCUT2D eigenvalue weighted by Crippen LogP contribution is -2.10. The summed E-state index contributed by atoms with van der Waals surface area (Å²) in [5, 5.41) is 1.88. The van der Waals surface area contributed by atoms with Crippen LogP contribution in [-0.4, -0.2) is 9.55 Å². The van der Waals surface area contributed by atoms with Gasteiger partial charge in [-0.3, -0.25) is 9.78 Å². The van der Waals surface area contributed by atoms with Gasteiger partial charge in [0.15, 0.2) is 4.77 Å². The van der Waals surface area contributed by atoms with Crippen molar-refractivity contribution in [1.29, 1.82) is 0 Å². The van der Waals surface area contributed by atoms with Crippen LogP contribution in [-0.2, 0) is 7.05 Å². The molecule has 62 valence electrons. The Kier molecular flexibility index (Phi) is 1.62. The van der Waals surface area contributed by atoms with Crippen LogP contribution in [0.1, 0.15) is 0 Å². The maximum Gasteiger partial charge on any atom is 0.269 e. The third kappa shape index (κ3) is 0.937. The number of hydrogen-bond donors (Lipinski definition) is 1. The van der Waals surface area contributed by atoms with E-state index in [1.54, 1.807) is 4.57 Å². The molecule has 0 aliphatic rings. The fourth-order valence-corrected chi connectivity index (χ4v) is 2.09. The first-order chi connectivity index (χ1) is 5.70. The standard InChI is InChI=1S/C7H6N2OS2/c1-9-4-2-3-12-5(4)6(10)8-7(9)11/h2-3H,1H3,(H,8,10,11). The summed E-state index contributed by atoms with van der Waals surface area (Å²) in [5.41, 5.74) is 0.803. The van der Waals surface area contributed by atoms with Gasteiger partial charge in [-0.25, -0.2) is 0 Å². The quantitative estimate of drug-likeness (QED) is 0.654. The SMILES string of the molecule is Cn1c(=S)[nH]c(=O)c2sccc21. The number of hydrogen-bond acceptors (Lipinski definition) is 3. The van der Waals surface area contributed by atoms with Gasteiger partial charge in [0.25, 0.3) is 5.56 Å². The Labute approximate surface area is 77.3 Å². The minimum absolute atomic E-state index is 0.0944. The predicted molar refractivity (Wildman–Crippen MR) is 52.3 cm³/mol. The van der Waals surface area contributed by atoms with Crippen molar-refractivity contribution in [2.24, 2.45) is 7.05 Å². The molecule has 0 fully saturated rings. The second-order valence-corrected chi connectivity index (χ2v) is 3.76. The van der Waals surface area contributed by atoms with E-state index >= 15 is 0 Å². The van der Waals surface area contributed by atoms with Crippen LogP contribution in [0.4, 0.5) is 0 Å². The maximum atomic E-state index is 11.3. The van der Waals surface area contributed by atoms with Crippen LogP contribution in [0.2, 0.25) is 0 Å². The first-order valence-electron chi connectivity index (χ1n) is 3.36. The zero-order valence-corrected chi connectivity index (χ0v) is 7.96. The normalized spacial score (nSPS) is 10.8. The van der Waals surface area contributed by atoms with Crippen LogP contribution in [0.5, 0.6) is 0 Å². The summed E-state index contributed by atoms with van der Waals surface area (Å²) in [4.78, 5) is 13.9. The molecule has 2 rings (SSSR count). The van der Waals surface area contributed by atoms with Crippen LogP contribution in [0.15, 0.2) is 16.2 Å². The Balaban J connectivity index is 3.18. The minimum atomic E-state index is -0.0944. The molecule has 2 aromatic rings. The number of nitrogens with zero attached hydrogens (tertiary/aromatic N) is 1. The van der Waals surface area contributed by atoms with Crippen molar-refractivity contribution in [2.75, 3.05) is 0 Å². The van der Waals surface area contributed by atoms with E-state index in [0.29, 0.717) is 4.77 Å². The van der Waals surface area contributed by atoms with Crippen molar-refractivity contribution in [2.45, 2.75) is 0 Å². The van der Waals surface area contributed by atoms with E-state index in [-0.39, 0.29) is 5.56 Å². The number of H-pyrrole nitrogens is 1. The molecular weight excluding hydrogens is 192 g/mol. The van der Waals surface area contributed by atoms with Crippen LogP contribution >= 0.6 is 23.6 Å². The minimum Gasteiger partial charge on any atom is -0.320 e. The first-order valence-corrected chi connectivity index (χ1v) is 4.65. The largest absolute Gasteiger partial charge is 0.320 e. The van der Waals surface area contributed by atoms with Gasteiger partial charge in [-0.15, -0.1) is 11.3 Å². The fourth-order valence-electron chi connectivity index (χ4n) is 1.08. The van der Waals surface area contributed by atoms with Crippen LogP contribution in [0.25, 0.3) is 10.2 Å². The molecule has 12 heavy (non-hydrogen) atoms. The molecule has 3 nitrogen and oxygen atoms in total. The molecular formula is C7H6N2OS2. The molecule has 5 heteroatoms. The molecule has 2 heterocycles. The summed E-state index contributed by atoms with van der Waals surface area (Å²) in [7, 11) is 1.84. The number of aryl methyl sites for hydroxylation is 1. The number of aromatic nitrogens is 2. The molecule has 0 radical (unpaired) electrons. The Morgan fingerprint density at radius 2 is 2.42 bits per heavy atom. The number of thiophene rings is 1. The molecule has 0 unspecified atom stereocenters. The Morgan fingerprint density at radius 1 is 1.67 bits per heavy atom. The average molecular weight is 198 g/mol. The second-order valence-electron chi connectivity index (χ2n) is 2.45. The predicted octanol–water partition coefficient (Wildman–Crippen LogP) is 1.66. The van der Waals surface area contributed by atoms with Crippen molar-refractivity contribution < 1.29 is 0 Å². The van der Waals surface area contributed by atoms with Gasteiger partial charge < -0.3 is 4.57 Å². The highest BCUT2D eigenvalue weighted by Crippen LogP contribution is 2.14. The van der Waals surface area contributed by atoms with Gasteiger partial charge in [0.2, 0.25) is 0 Å². The van der Waals surface area contributed by atoms with Gasteiger partial charge in [0.1, 0.15) is 4.70 Å². The highest BCUT2D eigenvalue weighted by atomic mass is 32.1. The van der Waals surface area contributed by atoms with E-state index in [9.17, 15) is 4.79 Å². The van der Waals surface area contributed by atoms with Crippen LogP contribution in [0.3, 0.4) is 0 Å². The lowest BCUT2D eigenvalue weighted by atomic mass is 10.5. The summed E-state index contributed by atoms with van der Waals surface area (Å²) in [6.07, 6.45) is 0. The zero-order chi connectivity index (χ0) is 8.72. The molecule has 0 saturated carbocycles. The average Bonchev–Trinajstić information content (AvgIpc) is 2.48. The molecule has 0 bridgehead atoms. The second kappa shape index (κ2) is 2.53. The monoisotopic (exact) mass is 198 g/mol. The van der Waals surface area contributed by atoms with Gasteiger partial charge in [0.05, 0.1) is 5.52 Å². The first kappa shape index (κ1) is 7.70. The zero-order valence-electron chi connectivity index (χ0n) is 6.33. The van der Waals surface area contributed by atoms with Gasteiger partial charge in [0, 0.05) is 7.05 Å².